The molecule has 1 N–H and O–H groups in total. The van der Waals surface area contributed by atoms with E-state index in [4.69, 9.17) is 9.84 Å². The number of carboxylic acids is 1. The molecule has 0 saturated heterocycles. The molecule has 0 aliphatic rings. The Hall–Kier alpha value is -1.58. The largest absolute Gasteiger partial charge is 0.490 e. The molecule has 0 aliphatic heterocycles. The first-order chi connectivity index (χ1) is 7.00. The third-order valence-electron chi connectivity index (χ3n) is 1.75. The molecule has 0 radical (unpaired) electrons. The Morgan fingerprint density at radius 2 is 2.20 bits per heavy atom. The van der Waals surface area contributed by atoms with E-state index in [1.165, 1.54) is 12.1 Å². The number of carbonyl (C=O) groups is 1. The molecule has 4 heteroatoms. The normalized spacial score (nSPS) is 10.4. The molecule has 1 aromatic rings. The van der Waals surface area contributed by atoms with Crippen LogP contribution in [0.1, 0.15) is 24.2 Å². The lowest BCUT2D eigenvalue weighted by atomic mass is 10.2. The van der Waals surface area contributed by atoms with Gasteiger partial charge in [-0.3, -0.25) is 0 Å². The Kier molecular flexibility index (Phi) is 3.66. The van der Waals surface area contributed by atoms with Crippen LogP contribution in [0.4, 0.5) is 4.39 Å². The van der Waals surface area contributed by atoms with Gasteiger partial charge in [-0.1, -0.05) is 13.8 Å². The highest BCUT2D eigenvalue weighted by Crippen LogP contribution is 2.18. The lowest BCUT2D eigenvalue weighted by molar-refractivity contribution is 0.0696. The van der Waals surface area contributed by atoms with Crippen LogP contribution in [0.5, 0.6) is 5.75 Å². The summed E-state index contributed by atoms with van der Waals surface area (Å²) in [7, 11) is 0. The molecule has 0 atom stereocenters. The number of aromatic carboxylic acids is 1. The maximum atomic E-state index is 13.3. The highest BCUT2D eigenvalue weighted by atomic mass is 19.1. The summed E-state index contributed by atoms with van der Waals surface area (Å²) >= 11 is 0. The van der Waals surface area contributed by atoms with Gasteiger partial charge in [0.05, 0.1) is 12.2 Å². The van der Waals surface area contributed by atoms with Crippen molar-refractivity contribution in [1.82, 2.24) is 0 Å². The Balaban J connectivity index is 2.79. The molecular weight excluding hydrogens is 199 g/mol. The molecule has 3 nitrogen and oxygen atoms in total. The van der Waals surface area contributed by atoms with Crippen LogP contribution in [-0.2, 0) is 0 Å². The van der Waals surface area contributed by atoms with Gasteiger partial charge in [-0.2, -0.15) is 0 Å². The van der Waals surface area contributed by atoms with Crippen molar-refractivity contribution in [3.05, 3.63) is 29.6 Å². The summed E-state index contributed by atoms with van der Waals surface area (Å²) in [4.78, 5) is 10.5. The van der Waals surface area contributed by atoms with E-state index in [1.54, 1.807) is 0 Å². The van der Waals surface area contributed by atoms with Gasteiger partial charge in [0, 0.05) is 0 Å². The molecule has 1 rings (SSSR count). The second-order valence-electron chi connectivity index (χ2n) is 3.66. The number of benzene rings is 1. The third kappa shape index (κ3) is 3.23. The quantitative estimate of drug-likeness (QED) is 0.834. The second-order valence-corrected chi connectivity index (χ2v) is 3.66. The maximum Gasteiger partial charge on any atom is 0.335 e. The fourth-order valence-electron chi connectivity index (χ4n) is 1.01. The van der Waals surface area contributed by atoms with Gasteiger partial charge in [0.2, 0.25) is 0 Å². The van der Waals surface area contributed by atoms with Crippen LogP contribution < -0.4 is 4.74 Å². The third-order valence-corrected chi connectivity index (χ3v) is 1.75. The predicted molar refractivity (Wildman–Crippen MR) is 53.7 cm³/mol. The molecule has 0 spiro atoms. The smallest absolute Gasteiger partial charge is 0.335 e. The van der Waals surface area contributed by atoms with Crippen molar-refractivity contribution in [2.45, 2.75) is 13.8 Å². The van der Waals surface area contributed by atoms with Crippen molar-refractivity contribution >= 4 is 5.97 Å². The summed E-state index contributed by atoms with van der Waals surface area (Å²) in [5.74, 6) is -1.41. The van der Waals surface area contributed by atoms with E-state index in [-0.39, 0.29) is 11.3 Å². The predicted octanol–water partition coefficient (Wildman–Crippen LogP) is 2.56. The number of carboxylic acid groups (broad SMARTS) is 1. The molecule has 0 aliphatic carbocycles. The van der Waals surface area contributed by atoms with Crippen molar-refractivity contribution in [2.75, 3.05) is 6.61 Å². The zero-order valence-electron chi connectivity index (χ0n) is 8.66. The number of rotatable bonds is 4. The Bertz CT molecular complexity index is 361. The van der Waals surface area contributed by atoms with Gasteiger partial charge in [0.25, 0.3) is 0 Å². The highest BCUT2D eigenvalue weighted by Gasteiger charge is 2.09. The first-order valence-corrected chi connectivity index (χ1v) is 4.66. The molecule has 15 heavy (non-hydrogen) atoms. The lowest BCUT2D eigenvalue weighted by Gasteiger charge is -2.09. The van der Waals surface area contributed by atoms with Crippen LogP contribution in [0.15, 0.2) is 18.2 Å². The van der Waals surface area contributed by atoms with Gasteiger partial charge in [-0.25, -0.2) is 9.18 Å². The molecular formula is C11H13FO3. The Labute approximate surface area is 87.5 Å². The van der Waals surface area contributed by atoms with E-state index in [9.17, 15) is 9.18 Å². The van der Waals surface area contributed by atoms with Crippen molar-refractivity contribution in [1.29, 1.82) is 0 Å². The standard InChI is InChI=1S/C11H13FO3/c1-7(2)6-15-10-4-3-8(11(13)14)5-9(10)12/h3-5,7H,6H2,1-2H3,(H,13,14). The van der Waals surface area contributed by atoms with E-state index in [0.717, 1.165) is 6.07 Å². The van der Waals surface area contributed by atoms with Gasteiger partial charge >= 0.3 is 5.97 Å². The molecule has 0 heterocycles. The number of halogens is 1. The van der Waals surface area contributed by atoms with Crippen molar-refractivity contribution in [3.8, 4) is 5.75 Å². The first kappa shape index (κ1) is 11.5. The van der Waals surface area contributed by atoms with E-state index in [2.05, 4.69) is 0 Å². The van der Waals surface area contributed by atoms with Gasteiger partial charge in [-0.05, 0) is 24.1 Å². The summed E-state index contributed by atoms with van der Waals surface area (Å²) in [6, 6.07) is 3.61. The molecule has 0 bridgehead atoms. The summed E-state index contributed by atoms with van der Waals surface area (Å²) in [6.07, 6.45) is 0. The second kappa shape index (κ2) is 4.77. The van der Waals surface area contributed by atoms with Gasteiger partial charge in [0.1, 0.15) is 0 Å². The fourth-order valence-corrected chi connectivity index (χ4v) is 1.01. The van der Waals surface area contributed by atoms with Crippen LogP contribution in [0.25, 0.3) is 0 Å². The van der Waals surface area contributed by atoms with E-state index in [1.807, 2.05) is 13.8 Å². The number of ether oxygens (including phenoxy) is 1. The fraction of sp³-hybridized carbons (Fsp3) is 0.364. The summed E-state index contributed by atoms with van der Waals surface area (Å²) in [6.45, 7) is 4.30. The van der Waals surface area contributed by atoms with Crippen molar-refractivity contribution in [2.24, 2.45) is 5.92 Å². The zero-order chi connectivity index (χ0) is 11.4. The van der Waals surface area contributed by atoms with Gasteiger partial charge < -0.3 is 9.84 Å². The molecule has 0 aromatic heterocycles. The average molecular weight is 212 g/mol. The van der Waals surface area contributed by atoms with E-state index >= 15 is 0 Å². The number of hydrogen-bond donors (Lipinski definition) is 1. The highest BCUT2D eigenvalue weighted by molar-refractivity contribution is 5.87. The summed E-state index contributed by atoms with van der Waals surface area (Å²) in [5.41, 5.74) is -0.0793. The van der Waals surface area contributed by atoms with Crippen LogP contribution in [-0.4, -0.2) is 17.7 Å². The Morgan fingerprint density at radius 3 is 2.67 bits per heavy atom. The maximum absolute atomic E-state index is 13.3. The molecule has 0 unspecified atom stereocenters. The van der Waals surface area contributed by atoms with Crippen molar-refractivity contribution in [3.63, 3.8) is 0 Å². The SMILES string of the molecule is CC(C)COc1ccc(C(=O)O)cc1F. The van der Waals surface area contributed by atoms with E-state index < -0.39 is 11.8 Å². The minimum absolute atomic E-state index is 0.0793. The number of hydrogen-bond acceptors (Lipinski definition) is 2. The summed E-state index contributed by atoms with van der Waals surface area (Å²) < 4.78 is 18.4. The molecule has 82 valence electrons. The molecule has 0 fully saturated rings. The minimum Gasteiger partial charge on any atom is -0.490 e. The first-order valence-electron chi connectivity index (χ1n) is 4.66. The zero-order valence-corrected chi connectivity index (χ0v) is 8.66. The van der Waals surface area contributed by atoms with Crippen LogP contribution >= 0.6 is 0 Å². The molecule has 0 amide bonds. The van der Waals surface area contributed by atoms with Gasteiger partial charge in [-0.15, -0.1) is 0 Å². The van der Waals surface area contributed by atoms with Crippen molar-refractivity contribution < 1.29 is 19.0 Å². The topological polar surface area (TPSA) is 46.5 Å². The van der Waals surface area contributed by atoms with Crippen LogP contribution in [0.2, 0.25) is 0 Å². The average Bonchev–Trinajstić information content (AvgIpc) is 2.15. The Morgan fingerprint density at radius 1 is 1.53 bits per heavy atom. The van der Waals surface area contributed by atoms with Crippen LogP contribution in [0.3, 0.4) is 0 Å². The molecule has 0 saturated carbocycles. The summed E-state index contributed by atoms with van der Waals surface area (Å²) in [5, 5.41) is 8.61. The van der Waals surface area contributed by atoms with Crippen LogP contribution in [0, 0.1) is 11.7 Å². The molecule has 1 aromatic carbocycles. The van der Waals surface area contributed by atoms with E-state index in [0.29, 0.717) is 12.5 Å². The minimum atomic E-state index is -1.15. The van der Waals surface area contributed by atoms with Gasteiger partial charge in [0.15, 0.2) is 11.6 Å². The monoisotopic (exact) mass is 212 g/mol. The lowest BCUT2D eigenvalue weighted by Crippen LogP contribution is -2.06.